The number of nitrogens with one attached hydrogen (secondary N) is 2. The molecule has 0 fully saturated rings. The van der Waals surface area contributed by atoms with E-state index in [0.717, 1.165) is 25.1 Å². The van der Waals surface area contributed by atoms with Crippen molar-refractivity contribution in [2.24, 2.45) is 0 Å². The van der Waals surface area contributed by atoms with E-state index >= 15 is 0 Å². The standard InChI is InChI=1S/C23H23N3O3/c1-29-23(28)18-10-5-11-19(15-18)26-22(27)21-13-12-20(16-25-21)24-14-6-9-17-7-3-2-4-8-17/h2-5,7-8,10-13,15-16,24H,6,9,14H2,1H3,(H,26,27). The summed E-state index contributed by atoms with van der Waals surface area (Å²) in [7, 11) is 1.31. The van der Waals surface area contributed by atoms with Gasteiger partial charge in [0.2, 0.25) is 0 Å². The van der Waals surface area contributed by atoms with Gasteiger partial charge in [-0.05, 0) is 48.7 Å². The molecule has 6 nitrogen and oxygen atoms in total. The predicted octanol–water partition coefficient (Wildman–Crippen LogP) is 4.17. The highest BCUT2D eigenvalue weighted by Gasteiger charge is 2.10. The molecule has 1 aromatic heterocycles. The van der Waals surface area contributed by atoms with E-state index in [1.54, 1.807) is 36.5 Å². The van der Waals surface area contributed by atoms with Gasteiger partial charge in [-0.3, -0.25) is 4.79 Å². The van der Waals surface area contributed by atoms with E-state index in [1.165, 1.54) is 12.7 Å². The third kappa shape index (κ3) is 5.90. The number of carbonyl (C=O) groups is 2. The van der Waals surface area contributed by atoms with Gasteiger partial charge in [-0.15, -0.1) is 0 Å². The van der Waals surface area contributed by atoms with E-state index < -0.39 is 5.97 Å². The third-order valence-corrected chi connectivity index (χ3v) is 4.35. The van der Waals surface area contributed by atoms with Crippen molar-refractivity contribution in [2.75, 3.05) is 24.3 Å². The zero-order chi connectivity index (χ0) is 20.5. The predicted molar refractivity (Wildman–Crippen MR) is 113 cm³/mol. The molecule has 0 unspecified atom stereocenters. The fourth-order valence-electron chi connectivity index (χ4n) is 2.84. The van der Waals surface area contributed by atoms with Gasteiger partial charge in [0.15, 0.2) is 0 Å². The van der Waals surface area contributed by atoms with E-state index in [2.05, 4.69) is 32.5 Å². The summed E-state index contributed by atoms with van der Waals surface area (Å²) in [6.45, 7) is 0.822. The molecular weight excluding hydrogens is 366 g/mol. The Morgan fingerprint density at radius 2 is 1.79 bits per heavy atom. The molecule has 0 radical (unpaired) electrons. The quantitative estimate of drug-likeness (QED) is 0.447. The molecule has 2 aromatic carbocycles. The average molecular weight is 389 g/mol. The largest absolute Gasteiger partial charge is 0.465 e. The molecule has 0 bridgehead atoms. The number of benzene rings is 2. The molecule has 0 saturated carbocycles. The summed E-state index contributed by atoms with van der Waals surface area (Å²) in [6, 6.07) is 20.4. The summed E-state index contributed by atoms with van der Waals surface area (Å²) >= 11 is 0. The van der Waals surface area contributed by atoms with Crippen LogP contribution in [0.25, 0.3) is 0 Å². The zero-order valence-corrected chi connectivity index (χ0v) is 16.2. The first kappa shape index (κ1) is 20.1. The molecule has 3 aromatic rings. The number of nitrogens with zero attached hydrogens (tertiary/aromatic N) is 1. The number of esters is 1. The minimum Gasteiger partial charge on any atom is -0.465 e. The van der Waals surface area contributed by atoms with Crippen molar-refractivity contribution in [3.05, 3.63) is 89.7 Å². The Morgan fingerprint density at radius 3 is 2.52 bits per heavy atom. The number of rotatable bonds is 8. The van der Waals surface area contributed by atoms with Crippen molar-refractivity contribution in [1.82, 2.24) is 4.98 Å². The lowest BCUT2D eigenvalue weighted by Crippen LogP contribution is -2.14. The van der Waals surface area contributed by atoms with Crippen molar-refractivity contribution in [3.63, 3.8) is 0 Å². The van der Waals surface area contributed by atoms with Crippen LogP contribution in [-0.2, 0) is 11.2 Å². The van der Waals surface area contributed by atoms with E-state index in [1.807, 2.05) is 24.3 Å². The second-order valence-corrected chi connectivity index (χ2v) is 6.47. The van der Waals surface area contributed by atoms with Crippen molar-refractivity contribution in [2.45, 2.75) is 12.8 Å². The minimum atomic E-state index is -0.457. The van der Waals surface area contributed by atoms with E-state index in [-0.39, 0.29) is 5.91 Å². The molecule has 1 amide bonds. The molecule has 6 heteroatoms. The van der Waals surface area contributed by atoms with E-state index in [0.29, 0.717) is 16.9 Å². The Bertz CT molecular complexity index is 957. The molecule has 0 saturated heterocycles. The second kappa shape index (κ2) is 10.0. The number of pyridine rings is 1. The van der Waals surface area contributed by atoms with Crippen LogP contribution in [0.2, 0.25) is 0 Å². The van der Waals surface area contributed by atoms with Crippen LogP contribution >= 0.6 is 0 Å². The number of aromatic nitrogens is 1. The average Bonchev–Trinajstić information content (AvgIpc) is 2.77. The maximum absolute atomic E-state index is 12.4. The molecule has 0 aliphatic carbocycles. The first-order valence-corrected chi connectivity index (χ1v) is 9.39. The number of amides is 1. The number of methoxy groups -OCH3 is 1. The molecular formula is C23H23N3O3. The molecule has 2 N–H and O–H groups in total. The summed E-state index contributed by atoms with van der Waals surface area (Å²) in [6.07, 6.45) is 3.65. The minimum absolute atomic E-state index is 0.295. The number of ether oxygens (including phenoxy) is 1. The van der Waals surface area contributed by atoms with Crippen LogP contribution in [0, 0.1) is 0 Å². The Morgan fingerprint density at radius 1 is 0.966 bits per heavy atom. The van der Waals surface area contributed by atoms with Crippen LogP contribution in [0.1, 0.15) is 32.8 Å². The Kier molecular flexibility index (Phi) is 6.95. The van der Waals surface area contributed by atoms with E-state index in [4.69, 9.17) is 0 Å². The fraction of sp³-hybridized carbons (Fsp3) is 0.174. The Labute approximate surface area is 169 Å². The zero-order valence-electron chi connectivity index (χ0n) is 16.2. The summed E-state index contributed by atoms with van der Waals surface area (Å²) in [5.74, 6) is -0.801. The van der Waals surface area contributed by atoms with Gasteiger partial charge in [-0.2, -0.15) is 0 Å². The smallest absolute Gasteiger partial charge is 0.337 e. The van der Waals surface area contributed by atoms with Crippen LogP contribution in [0.15, 0.2) is 72.9 Å². The highest BCUT2D eigenvalue weighted by Crippen LogP contribution is 2.14. The van der Waals surface area contributed by atoms with Gasteiger partial charge >= 0.3 is 5.97 Å². The lowest BCUT2D eigenvalue weighted by molar-refractivity contribution is 0.0600. The van der Waals surface area contributed by atoms with Crippen molar-refractivity contribution in [3.8, 4) is 0 Å². The van der Waals surface area contributed by atoms with Crippen LogP contribution in [0.5, 0.6) is 0 Å². The van der Waals surface area contributed by atoms with E-state index in [9.17, 15) is 9.59 Å². The molecule has 1 heterocycles. The van der Waals surface area contributed by atoms with Gasteiger partial charge in [0, 0.05) is 12.2 Å². The molecule has 3 rings (SSSR count). The maximum Gasteiger partial charge on any atom is 0.337 e. The first-order chi connectivity index (χ1) is 14.2. The van der Waals surface area contributed by atoms with Gasteiger partial charge in [0.05, 0.1) is 24.6 Å². The van der Waals surface area contributed by atoms with Crippen LogP contribution in [0.4, 0.5) is 11.4 Å². The SMILES string of the molecule is COC(=O)c1cccc(NC(=O)c2ccc(NCCCc3ccccc3)cn2)c1. The number of hydrogen-bond donors (Lipinski definition) is 2. The van der Waals surface area contributed by atoms with Gasteiger partial charge in [-0.25, -0.2) is 9.78 Å². The number of hydrogen-bond acceptors (Lipinski definition) is 5. The van der Waals surface area contributed by atoms with Crippen molar-refractivity contribution < 1.29 is 14.3 Å². The van der Waals surface area contributed by atoms with Gasteiger partial charge in [0.25, 0.3) is 5.91 Å². The fourth-order valence-corrected chi connectivity index (χ4v) is 2.84. The van der Waals surface area contributed by atoms with Gasteiger partial charge in [-0.1, -0.05) is 36.4 Å². The lowest BCUT2D eigenvalue weighted by atomic mass is 10.1. The Balaban J connectivity index is 1.50. The van der Waals surface area contributed by atoms with Crippen molar-refractivity contribution in [1.29, 1.82) is 0 Å². The van der Waals surface area contributed by atoms with Crippen LogP contribution < -0.4 is 10.6 Å². The lowest BCUT2D eigenvalue weighted by Gasteiger charge is -2.08. The molecule has 29 heavy (non-hydrogen) atoms. The number of carbonyl (C=O) groups excluding carboxylic acids is 2. The van der Waals surface area contributed by atoms with Gasteiger partial charge < -0.3 is 15.4 Å². The summed E-state index contributed by atoms with van der Waals surface area (Å²) in [5.41, 5.74) is 3.34. The highest BCUT2D eigenvalue weighted by molar-refractivity contribution is 6.03. The van der Waals surface area contributed by atoms with Crippen LogP contribution in [0.3, 0.4) is 0 Å². The second-order valence-electron chi connectivity index (χ2n) is 6.47. The number of aryl methyl sites for hydroxylation is 1. The van der Waals surface area contributed by atoms with Gasteiger partial charge in [0.1, 0.15) is 5.69 Å². The molecule has 0 aliphatic heterocycles. The molecule has 148 valence electrons. The summed E-state index contributed by atoms with van der Waals surface area (Å²) in [4.78, 5) is 28.2. The Hall–Kier alpha value is -3.67. The normalized spacial score (nSPS) is 10.2. The monoisotopic (exact) mass is 389 g/mol. The summed E-state index contributed by atoms with van der Waals surface area (Å²) < 4.78 is 4.69. The van der Waals surface area contributed by atoms with Crippen molar-refractivity contribution >= 4 is 23.3 Å². The maximum atomic E-state index is 12.4. The first-order valence-electron chi connectivity index (χ1n) is 9.39. The molecule has 0 aliphatic rings. The number of anilines is 2. The summed E-state index contributed by atoms with van der Waals surface area (Å²) in [5, 5.41) is 6.05. The molecule has 0 atom stereocenters. The topological polar surface area (TPSA) is 80.3 Å². The molecule has 0 spiro atoms. The van der Waals surface area contributed by atoms with Crippen LogP contribution in [-0.4, -0.2) is 30.5 Å². The highest BCUT2D eigenvalue weighted by atomic mass is 16.5. The third-order valence-electron chi connectivity index (χ3n) is 4.35.